The summed E-state index contributed by atoms with van der Waals surface area (Å²) in [4.78, 5) is 22.2. The first-order valence-corrected chi connectivity index (χ1v) is 6.40. The van der Waals surface area contributed by atoms with Gasteiger partial charge in [0.1, 0.15) is 11.6 Å². The van der Waals surface area contributed by atoms with E-state index in [0.29, 0.717) is 5.56 Å². The standard InChI is InChI=1S/C15H10FNO5/c16-9-3-6-11-12(7-9)22-15(14(19)13(11)18)8-1-4-10(5-2-8)17(20)21/h1-7,14-15,19H. The van der Waals surface area contributed by atoms with Gasteiger partial charge in [0.15, 0.2) is 18.0 Å². The van der Waals surface area contributed by atoms with Gasteiger partial charge in [0.2, 0.25) is 0 Å². The number of hydrogen-bond acceptors (Lipinski definition) is 5. The molecule has 1 N–H and O–H groups in total. The quantitative estimate of drug-likeness (QED) is 0.679. The lowest BCUT2D eigenvalue weighted by molar-refractivity contribution is -0.384. The fourth-order valence-corrected chi connectivity index (χ4v) is 2.33. The van der Waals surface area contributed by atoms with E-state index in [1.165, 1.54) is 30.3 Å². The number of halogens is 1. The molecule has 0 saturated heterocycles. The minimum atomic E-state index is -1.46. The SMILES string of the molecule is O=C1c2ccc(F)cc2OC(c2ccc([N+](=O)[O-])cc2)C1O. The fraction of sp³-hybridized carbons (Fsp3) is 0.133. The lowest BCUT2D eigenvalue weighted by atomic mass is 9.93. The number of non-ortho nitro benzene ring substituents is 1. The highest BCUT2D eigenvalue weighted by molar-refractivity contribution is 6.03. The van der Waals surface area contributed by atoms with Crippen LogP contribution in [0.4, 0.5) is 10.1 Å². The number of ketones is 1. The van der Waals surface area contributed by atoms with Gasteiger partial charge in [0, 0.05) is 18.2 Å². The van der Waals surface area contributed by atoms with Crippen molar-refractivity contribution in [2.45, 2.75) is 12.2 Å². The maximum Gasteiger partial charge on any atom is 0.269 e. The highest BCUT2D eigenvalue weighted by Gasteiger charge is 2.37. The van der Waals surface area contributed by atoms with Crippen LogP contribution >= 0.6 is 0 Å². The Labute approximate surface area is 123 Å². The van der Waals surface area contributed by atoms with Gasteiger partial charge in [-0.05, 0) is 29.8 Å². The molecule has 0 fully saturated rings. The number of nitro benzene ring substituents is 1. The number of benzene rings is 2. The third kappa shape index (κ3) is 2.31. The Morgan fingerprint density at radius 3 is 2.50 bits per heavy atom. The molecule has 2 aromatic carbocycles. The van der Waals surface area contributed by atoms with E-state index < -0.39 is 28.7 Å². The molecule has 2 aromatic rings. The van der Waals surface area contributed by atoms with Crippen LogP contribution in [0.1, 0.15) is 22.0 Å². The second-order valence-electron chi connectivity index (χ2n) is 4.84. The van der Waals surface area contributed by atoms with E-state index in [9.17, 15) is 24.4 Å². The monoisotopic (exact) mass is 303 g/mol. The summed E-state index contributed by atoms with van der Waals surface area (Å²) in [5.41, 5.74) is 0.375. The van der Waals surface area contributed by atoms with E-state index >= 15 is 0 Å². The predicted octanol–water partition coefficient (Wildman–Crippen LogP) is 2.41. The molecule has 0 saturated carbocycles. The Hall–Kier alpha value is -2.80. The van der Waals surface area contributed by atoms with E-state index in [-0.39, 0.29) is 17.0 Å². The zero-order valence-electron chi connectivity index (χ0n) is 11.1. The van der Waals surface area contributed by atoms with Crippen LogP contribution in [-0.2, 0) is 0 Å². The molecule has 0 amide bonds. The van der Waals surface area contributed by atoms with E-state index in [0.717, 1.165) is 12.1 Å². The minimum Gasteiger partial charge on any atom is -0.482 e. The number of carbonyl (C=O) groups excluding carboxylic acids is 1. The van der Waals surface area contributed by atoms with Gasteiger partial charge in [0.25, 0.3) is 5.69 Å². The summed E-state index contributed by atoms with van der Waals surface area (Å²) in [6.45, 7) is 0. The zero-order chi connectivity index (χ0) is 15.9. The second-order valence-corrected chi connectivity index (χ2v) is 4.84. The number of nitro groups is 1. The number of aliphatic hydroxyl groups excluding tert-OH is 1. The molecule has 7 heteroatoms. The third-order valence-corrected chi connectivity index (χ3v) is 3.45. The molecule has 1 aliphatic rings. The van der Waals surface area contributed by atoms with Gasteiger partial charge >= 0.3 is 0 Å². The van der Waals surface area contributed by atoms with Gasteiger partial charge in [-0.25, -0.2) is 4.39 Å². The second kappa shape index (κ2) is 5.19. The average molecular weight is 303 g/mol. The van der Waals surface area contributed by atoms with Gasteiger partial charge in [-0.15, -0.1) is 0 Å². The Balaban J connectivity index is 1.98. The first-order valence-electron chi connectivity index (χ1n) is 6.40. The topological polar surface area (TPSA) is 89.7 Å². The summed E-state index contributed by atoms with van der Waals surface area (Å²) < 4.78 is 18.8. The van der Waals surface area contributed by atoms with E-state index in [4.69, 9.17) is 4.74 Å². The Kier molecular flexibility index (Phi) is 3.34. The van der Waals surface area contributed by atoms with Crippen LogP contribution in [0.3, 0.4) is 0 Å². The average Bonchev–Trinajstić information content (AvgIpc) is 2.51. The number of carbonyl (C=O) groups is 1. The molecule has 2 unspecified atom stereocenters. The van der Waals surface area contributed by atoms with Gasteiger partial charge in [0.05, 0.1) is 10.5 Å². The third-order valence-electron chi connectivity index (χ3n) is 3.45. The summed E-state index contributed by atoms with van der Waals surface area (Å²) >= 11 is 0. The van der Waals surface area contributed by atoms with Crippen LogP contribution in [0.15, 0.2) is 42.5 Å². The minimum absolute atomic E-state index is 0.0404. The lowest BCUT2D eigenvalue weighted by Gasteiger charge is -2.29. The Morgan fingerprint density at radius 2 is 1.86 bits per heavy atom. The van der Waals surface area contributed by atoms with Crippen molar-refractivity contribution in [1.29, 1.82) is 0 Å². The van der Waals surface area contributed by atoms with Crippen LogP contribution in [0.2, 0.25) is 0 Å². The maximum absolute atomic E-state index is 13.3. The van der Waals surface area contributed by atoms with E-state index in [1.54, 1.807) is 0 Å². The molecule has 112 valence electrons. The number of hydrogen-bond donors (Lipinski definition) is 1. The van der Waals surface area contributed by atoms with E-state index in [1.807, 2.05) is 0 Å². The molecule has 0 spiro atoms. The number of ether oxygens (including phenoxy) is 1. The number of Topliss-reactive ketones (excluding diaryl/α,β-unsaturated/α-hetero) is 1. The molecular formula is C15H10FNO5. The van der Waals surface area contributed by atoms with Crippen LogP contribution < -0.4 is 4.74 Å². The first-order chi connectivity index (χ1) is 10.5. The number of aliphatic hydroxyl groups is 1. The van der Waals surface area contributed by atoms with Gasteiger partial charge < -0.3 is 9.84 Å². The fourth-order valence-electron chi connectivity index (χ4n) is 2.33. The molecule has 1 aliphatic heterocycles. The molecule has 0 aromatic heterocycles. The van der Waals surface area contributed by atoms with Crippen molar-refractivity contribution >= 4 is 11.5 Å². The molecule has 0 aliphatic carbocycles. The molecule has 2 atom stereocenters. The summed E-state index contributed by atoms with van der Waals surface area (Å²) in [6, 6.07) is 8.71. The van der Waals surface area contributed by atoms with Crippen molar-refractivity contribution in [1.82, 2.24) is 0 Å². The Bertz CT molecular complexity index is 759. The van der Waals surface area contributed by atoms with Gasteiger partial charge in [-0.2, -0.15) is 0 Å². The first kappa shape index (κ1) is 14.2. The van der Waals surface area contributed by atoms with Crippen molar-refractivity contribution in [2.24, 2.45) is 0 Å². The van der Waals surface area contributed by atoms with Crippen LogP contribution in [0.25, 0.3) is 0 Å². The maximum atomic E-state index is 13.3. The summed E-state index contributed by atoms with van der Waals surface area (Å²) in [5, 5.41) is 20.7. The number of fused-ring (bicyclic) bond motifs is 1. The van der Waals surface area contributed by atoms with E-state index in [2.05, 4.69) is 0 Å². The molecule has 0 bridgehead atoms. The summed E-state index contributed by atoms with van der Waals surface area (Å²) in [5.74, 6) is -1.10. The zero-order valence-corrected chi connectivity index (χ0v) is 11.1. The van der Waals surface area contributed by atoms with Crippen LogP contribution in [0, 0.1) is 15.9 Å². The van der Waals surface area contributed by atoms with Gasteiger partial charge in [-0.3, -0.25) is 14.9 Å². The molecule has 3 rings (SSSR count). The summed E-state index contributed by atoms with van der Waals surface area (Å²) in [6.07, 6.45) is -2.50. The van der Waals surface area contributed by atoms with Crippen molar-refractivity contribution < 1.29 is 24.0 Å². The number of nitrogens with zero attached hydrogens (tertiary/aromatic N) is 1. The van der Waals surface area contributed by atoms with Crippen molar-refractivity contribution in [3.05, 3.63) is 69.5 Å². The smallest absolute Gasteiger partial charge is 0.269 e. The number of rotatable bonds is 2. The van der Waals surface area contributed by atoms with Crippen molar-refractivity contribution in [2.75, 3.05) is 0 Å². The lowest BCUT2D eigenvalue weighted by Crippen LogP contribution is -2.36. The molecule has 1 heterocycles. The molecular weight excluding hydrogens is 293 g/mol. The molecule has 6 nitrogen and oxygen atoms in total. The highest BCUT2D eigenvalue weighted by atomic mass is 19.1. The molecule has 0 radical (unpaired) electrons. The summed E-state index contributed by atoms with van der Waals surface area (Å²) in [7, 11) is 0. The largest absolute Gasteiger partial charge is 0.482 e. The van der Waals surface area contributed by atoms with Crippen molar-refractivity contribution in [3.8, 4) is 5.75 Å². The van der Waals surface area contributed by atoms with Crippen LogP contribution in [0.5, 0.6) is 5.75 Å². The Morgan fingerprint density at radius 1 is 1.18 bits per heavy atom. The highest BCUT2D eigenvalue weighted by Crippen LogP contribution is 2.35. The molecule has 22 heavy (non-hydrogen) atoms. The van der Waals surface area contributed by atoms with Crippen LogP contribution in [-0.4, -0.2) is 21.9 Å². The van der Waals surface area contributed by atoms with Crippen molar-refractivity contribution in [3.63, 3.8) is 0 Å². The van der Waals surface area contributed by atoms with Gasteiger partial charge in [-0.1, -0.05) is 0 Å². The normalized spacial score (nSPS) is 20.2. The predicted molar refractivity (Wildman–Crippen MR) is 73.2 cm³/mol.